The van der Waals surface area contributed by atoms with Gasteiger partial charge < -0.3 is 20.3 Å². The first-order valence-electron chi connectivity index (χ1n) is 11.9. The molecule has 188 valence electrons. The lowest BCUT2D eigenvalue weighted by atomic mass is 10.00. The van der Waals surface area contributed by atoms with Gasteiger partial charge in [0.25, 0.3) is 0 Å². The smallest absolute Gasteiger partial charge is 0.334 e. The van der Waals surface area contributed by atoms with Gasteiger partial charge in [0.15, 0.2) is 0 Å². The van der Waals surface area contributed by atoms with Crippen molar-refractivity contribution >= 4 is 18.3 Å². The molecule has 0 bridgehead atoms. The zero-order valence-corrected chi connectivity index (χ0v) is 20.6. The van der Waals surface area contributed by atoms with Crippen molar-refractivity contribution in [3.8, 4) is 5.75 Å². The summed E-state index contributed by atoms with van der Waals surface area (Å²) in [4.78, 5) is 40.1. The van der Waals surface area contributed by atoms with E-state index in [2.05, 4.69) is 10.6 Å². The third kappa shape index (κ3) is 6.95. The predicted octanol–water partition coefficient (Wildman–Crippen LogP) is 2.58. The van der Waals surface area contributed by atoms with Gasteiger partial charge in [-0.15, -0.1) is 0 Å². The summed E-state index contributed by atoms with van der Waals surface area (Å²) in [5.74, 6) is 0.474. The lowest BCUT2D eigenvalue weighted by Crippen LogP contribution is -2.65. The highest BCUT2D eigenvalue weighted by atomic mass is 16.5. The minimum Gasteiger partial charge on any atom is -0.497 e. The fourth-order valence-electron chi connectivity index (χ4n) is 4.37. The van der Waals surface area contributed by atoms with Crippen LogP contribution in [0.4, 0.5) is 4.79 Å². The van der Waals surface area contributed by atoms with Crippen LogP contribution in [0.3, 0.4) is 0 Å². The highest BCUT2D eigenvalue weighted by Crippen LogP contribution is 2.21. The summed E-state index contributed by atoms with van der Waals surface area (Å²) in [6.07, 6.45) is 1.39. The van der Waals surface area contributed by atoms with Crippen molar-refractivity contribution in [2.75, 3.05) is 27.2 Å². The summed E-state index contributed by atoms with van der Waals surface area (Å²) >= 11 is 0. The second-order valence-electron chi connectivity index (χ2n) is 8.68. The molecule has 35 heavy (non-hydrogen) atoms. The molecule has 0 radical (unpaired) electrons. The molecule has 2 aromatic carbocycles. The number of amides is 4. The minimum atomic E-state index is -0.724. The second kappa shape index (κ2) is 12.8. The largest absolute Gasteiger partial charge is 0.497 e. The Morgan fingerprint density at radius 2 is 1.80 bits per heavy atom. The number of carbonyl (C=O) groups excluding carboxylic acids is 3. The van der Waals surface area contributed by atoms with E-state index in [1.165, 1.54) is 5.01 Å². The molecule has 0 aliphatic carbocycles. The van der Waals surface area contributed by atoms with Gasteiger partial charge in [-0.25, -0.2) is 14.8 Å². The zero-order chi connectivity index (χ0) is 25.2. The summed E-state index contributed by atoms with van der Waals surface area (Å²) in [5.41, 5.74) is 1.91. The van der Waals surface area contributed by atoms with Gasteiger partial charge >= 0.3 is 6.03 Å². The number of benzene rings is 2. The number of nitrogens with zero attached hydrogens (tertiary/aromatic N) is 3. The van der Waals surface area contributed by atoms with Crippen molar-refractivity contribution in [2.24, 2.45) is 5.92 Å². The topological polar surface area (TPSA) is 94.2 Å². The number of urea groups is 1. The van der Waals surface area contributed by atoms with Gasteiger partial charge in [0.1, 0.15) is 11.9 Å². The normalized spacial score (nSPS) is 19.0. The summed E-state index contributed by atoms with van der Waals surface area (Å²) in [7, 11) is 3.38. The maximum absolute atomic E-state index is 13.5. The van der Waals surface area contributed by atoms with E-state index >= 15 is 0 Å². The molecule has 0 saturated carbocycles. The van der Waals surface area contributed by atoms with Gasteiger partial charge in [0, 0.05) is 26.7 Å². The molecule has 0 spiro atoms. The van der Waals surface area contributed by atoms with Crippen LogP contribution < -0.4 is 15.4 Å². The van der Waals surface area contributed by atoms with Gasteiger partial charge in [0.05, 0.1) is 19.6 Å². The van der Waals surface area contributed by atoms with E-state index < -0.39 is 6.17 Å². The van der Waals surface area contributed by atoms with E-state index in [4.69, 9.17) is 4.74 Å². The van der Waals surface area contributed by atoms with Crippen LogP contribution >= 0.6 is 0 Å². The fraction of sp³-hybridized carbons (Fsp3) is 0.423. The van der Waals surface area contributed by atoms with Crippen molar-refractivity contribution in [3.63, 3.8) is 0 Å². The van der Waals surface area contributed by atoms with E-state index in [-0.39, 0.29) is 24.4 Å². The van der Waals surface area contributed by atoms with E-state index in [0.717, 1.165) is 23.3 Å². The molecule has 1 heterocycles. The molecule has 0 aromatic heterocycles. The standard InChI is InChI=1S/C26H35N5O4/c1-4-8-22-17-29(2)31(26(34)27-15-20-9-6-5-7-10-20)24(28-19-32)18-30(25(22)33)16-21-11-13-23(35-3)14-12-21/h5-7,9-14,19,22,24H,4,8,15-18H2,1-3H3,(H,27,34)(H,28,32)/t22-,24?/m1/s1. The van der Waals surface area contributed by atoms with Gasteiger partial charge in [-0.2, -0.15) is 0 Å². The van der Waals surface area contributed by atoms with E-state index in [1.807, 2.05) is 61.5 Å². The van der Waals surface area contributed by atoms with Crippen molar-refractivity contribution in [1.29, 1.82) is 0 Å². The molecule has 1 aliphatic rings. The molecule has 1 aliphatic heterocycles. The van der Waals surface area contributed by atoms with Gasteiger partial charge in [0.2, 0.25) is 12.3 Å². The highest BCUT2D eigenvalue weighted by Gasteiger charge is 2.37. The number of hydrogen-bond acceptors (Lipinski definition) is 5. The Balaban J connectivity index is 1.85. The average molecular weight is 482 g/mol. The van der Waals surface area contributed by atoms with Crippen LogP contribution in [0.2, 0.25) is 0 Å². The molecule has 2 atom stereocenters. The predicted molar refractivity (Wildman–Crippen MR) is 133 cm³/mol. The first-order chi connectivity index (χ1) is 17.0. The summed E-state index contributed by atoms with van der Waals surface area (Å²) in [6, 6.07) is 16.8. The number of hydrogen-bond donors (Lipinski definition) is 2. The molecule has 1 saturated heterocycles. The lowest BCUT2D eigenvalue weighted by Gasteiger charge is -2.44. The Hall–Kier alpha value is -3.59. The summed E-state index contributed by atoms with van der Waals surface area (Å²) in [6.45, 7) is 3.28. The van der Waals surface area contributed by atoms with Crippen molar-refractivity contribution < 1.29 is 19.1 Å². The van der Waals surface area contributed by atoms with Crippen LogP contribution in [0.25, 0.3) is 0 Å². The lowest BCUT2D eigenvalue weighted by molar-refractivity contribution is -0.146. The highest BCUT2D eigenvalue weighted by molar-refractivity contribution is 5.80. The van der Waals surface area contributed by atoms with Crippen LogP contribution in [0.5, 0.6) is 5.75 Å². The third-order valence-corrected chi connectivity index (χ3v) is 6.13. The SMILES string of the molecule is CCC[C@@H]1CN(C)N(C(=O)NCc2ccccc2)C(NC=O)CN(Cc2ccc(OC)cc2)C1=O. The Kier molecular flexibility index (Phi) is 9.48. The Labute approximate surface area is 207 Å². The first-order valence-corrected chi connectivity index (χ1v) is 11.9. The zero-order valence-electron chi connectivity index (χ0n) is 20.6. The molecule has 9 heteroatoms. The quantitative estimate of drug-likeness (QED) is 0.537. The molecule has 3 rings (SSSR count). The van der Waals surface area contributed by atoms with Gasteiger partial charge in [-0.1, -0.05) is 55.8 Å². The molecule has 1 unspecified atom stereocenters. The van der Waals surface area contributed by atoms with Crippen molar-refractivity contribution in [3.05, 3.63) is 65.7 Å². The minimum absolute atomic E-state index is 0.0107. The Morgan fingerprint density at radius 3 is 2.43 bits per heavy atom. The van der Waals surface area contributed by atoms with Crippen molar-refractivity contribution in [1.82, 2.24) is 25.6 Å². The van der Waals surface area contributed by atoms with E-state index in [1.54, 1.807) is 24.1 Å². The van der Waals surface area contributed by atoms with Crippen LogP contribution in [-0.2, 0) is 22.7 Å². The van der Waals surface area contributed by atoms with Crippen molar-refractivity contribution in [2.45, 2.75) is 39.0 Å². The number of ether oxygens (including phenoxy) is 1. The molecule has 4 amide bonds. The van der Waals surface area contributed by atoms with Gasteiger partial charge in [-0.3, -0.25) is 9.59 Å². The maximum atomic E-state index is 13.5. The van der Waals surface area contributed by atoms with Gasteiger partial charge in [-0.05, 0) is 29.7 Å². The molecule has 2 N–H and O–H groups in total. The average Bonchev–Trinajstić information content (AvgIpc) is 2.87. The monoisotopic (exact) mass is 481 g/mol. The molecule has 2 aromatic rings. The molecule has 9 nitrogen and oxygen atoms in total. The van der Waals surface area contributed by atoms with Crippen LogP contribution in [0, 0.1) is 5.92 Å². The van der Waals surface area contributed by atoms with E-state index in [9.17, 15) is 14.4 Å². The Morgan fingerprint density at radius 1 is 1.09 bits per heavy atom. The first kappa shape index (κ1) is 26.0. The second-order valence-corrected chi connectivity index (χ2v) is 8.68. The molecular weight excluding hydrogens is 446 g/mol. The maximum Gasteiger partial charge on any atom is 0.334 e. The molecular formula is C26H35N5O4. The number of rotatable bonds is 9. The third-order valence-electron chi connectivity index (χ3n) is 6.13. The van der Waals surface area contributed by atoms with Crippen LogP contribution in [-0.4, -0.2) is 66.7 Å². The van der Waals surface area contributed by atoms with Crippen LogP contribution in [0.1, 0.15) is 30.9 Å². The summed E-state index contributed by atoms with van der Waals surface area (Å²) in [5, 5.41) is 8.93. The van der Waals surface area contributed by atoms with E-state index in [0.29, 0.717) is 32.5 Å². The fourth-order valence-corrected chi connectivity index (χ4v) is 4.37. The van der Waals surface area contributed by atoms with Crippen LogP contribution in [0.15, 0.2) is 54.6 Å². The Bertz CT molecular complexity index is 969. The number of carbonyl (C=O) groups is 3. The molecule has 1 fully saturated rings. The number of methoxy groups -OCH3 is 1. The number of hydrazine groups is 1. The summed E-state index contributed by atoms with van der Waals surface area (Å²) < 4.78 is 5.24. The number of nitrogens with one attached hydrogen (secondary N) is 2.